The highest BCUT2D eigenvalue weighted by Crippen LogP contribution is 2.18. The van der Waals surface area contributed by atoms with Crippen molar-refractivity contribution in [3.63, 3.8) is 0 Å². The first-order valence-electron chi connectivity index (χ1n) is 31.3. The van der Waals surface area contributed by atoms with Gasteiger partial charge in [-0.25, -0.2) is 0 Å². The van der Waals surface area contributed by atoms with Gasteiger partial charge in [-0.15, -0.1) is 0 Å². The second kappa shape index (κ2) is 59.6. The van der Waals surface area contributed by atoms with E-state index in [4.69, 9.17) is 4.74 Å². The van der Waals surface area contributed by atoms with Crippen LogP contribution < -0.4 is 5.32 Å². The molecule has 2 unspecified atom stereocenters. The molecule has 1 amide bonds. The zero-order chi connectivity index (χ0) is 50.7. The van der Waals surface area contributed by atoms with Gasteiger partial charge in [0.25, 0.3) is 0 Å². The number of ether oxygens (including phenoxy) is 1. The number of amides is 1. The van der Waals surface area contributed by atoms with Gasteiger partial charge in [-0.1, -0.05) is 301 Å². The van der Waals surface area contributed by atoms with E-state index in [0.29, 0.717) is 19.4 Å². The average molecular weight is 985 g/mol. The molecular formula is C64H121NO5. The quantitative estimate of drug-likeness (QED) is 0.0321. The molecule has 6 nitrogen and oxygen atoms in total. The number of unbranched alkanes of at least 4 members (excludes halogenated alkanes) is 43. The minimum atomic E-state index is -0.853. The summed E-state index contributed by atoms with van der Waals surface area (Å²) in [6.45, 7) is 4.84. The third kappa shape index (κ3) is 55.4. The number of hydrogen-bond donors (Lipinski definition) is 3. The first-order chi connectivity index (χ1) is 34.5. The van der Waals surface area contributed by atoms with Crippen LogP contribution in [0.3, 0.4) is 0 Å². The highest BCUT2D eigenvalue weighted by Gasteiger charge is 2.18. The summed E-state index contributed by atoms with van der Waals surface area (Å²) in [6, 6.07) is -0.637. The van der Waals surface area contributed by atoms with Gasteiger partial charge in [-0.3, -0.25) is 9.59 Å². The second-order valence-corrected chi connectivity index (χ2v) is 21.4. The van der Waals surface area contributed by atoms with Crippen LogP contribution in [0.15, 0.2) is 36.5 Å². The smallest absolute Gasteiger partial charge is 0.305 e. The minimum absolute atomic E-state index is 0.0154. The van der Waals surface area contributed by atoms with Crippen molar-refractivity contribution in [1.29, 1.82) is 0 Å². The molecule has 0 fully saturated rings. The second-order valence-electron chi connectivity index (χ2n) is 21.4. The maximum Gasteiger partial charge on any atom is 0.305 e. The van der Waals surface area contributed by atoms with Crippen LogP contribution in [0.4, 0.5) is 0 Å². The van der Waals surface area contributed by atoms with E-state index < -0.39 is 12.1 Å². The lowest BCUT2D eigenvalue weighted by Gasteiger charge is -2.20. The van der Waals surface area contributed by atoms with E-state index in [-0.39, 0.29) is 18.5 Å². The van der Waals surface area contributed by atoms with Crippen molar-refractivity contribution >= 4 is 11.9 Å². The van der Waals surface area contributed by atoms with Crippen molar-refractivity contribution in [2.24, 2.45) is 0 Å². The number of nitrogens with one attached hydrogen (secondary N) is 1. The molecule has 0 aromatic carbocycles. The van der Waals surface area contributed by atoms with E-state index >= 15 is 0 Å². The van der Waals surface area contributed by atoms with E-state index in [1.807, 2.05) is 6.08 Å². The van der Waals surface area contributed by atoms with E-state index in [2.05, 4.69) is 43.5 Å². The third-order valence-corrected chi connectivity index (χ3v) is 14.4. The van der Waals surface area contributed by atoms with E-state index in [1.54, 1.807) is 6.08 Å². The number of allylic oxidation sites excluding steroid dienone is 5. The van der Waals surface area contributed by atoms with Gasteiger partial charge in [-0.2, -0.15) is 0 Å². The number of aliphatic hydroxyl groups is 2. The summed E-state index contributed by atoms with van der Waals surface area (Å²) in [5, 5.41) is 23.2. The maximum atomic E-state index is 12.5. The summed E-state index contributed by atoms with van der Waals surface area (Å²) in [4.78, 5) is 24.5. The first kappa shape index (κ1) is 68.1. The molecule has 0 saturated carbocycles. The van der Waals surface area contributed by atoms with E-state index in [1.165, 1.54) is 244 Å². The van der Waals surface area contributed by atoms with Gasteiger partial charge in [0.15, 0.2) is 0 Å². The molecule has 0 aliphatic carbocycles. The molecule has 0 aliphatic rings. The zero-order valence-corrected chi connectivity index (χ0v) is 47.0. The third-order valence-electron chi connectivity index (χ3n) is 14.4. The molecule has 0 aromatic heterocycles. The largest absolute Gasteiger partial charge is 0.466 e. The van der Waals surface area contributed by atoms with Crippen molar-refractivity contribution < 1.29 is 24.5 Å². The Balaban J connectivity index is 3.47. The standard InChI is InChI=1S/C64H121NO5/c1-3-5-7-9-11-13-15-17-18-19-20-21-22-23-24-25-26-27-29-33-36-40-44-48-52-56-62(67)61(60-66)65-63(68)57-53-49-45-41-37-34-30-28-31-35-39-43-47-51-55-59-70-64(69)58-54-50-46-42-38-32-16-14-12-10-8-6-4-2/h8,10,14,16,52,56,61-62,66-67H,3-7,9,11-13,15,17-51,53-55,57-60H2,1-2H3,(H,65,68)/b10-8-,16-14-,56-52+. The van der Waals surface area contributed by atoms with Crippen LogP contribution in [-0.4, -0.2) is 47.4 Å². The lowest BCUT2D eigenvalue weighted by atomic mass is 10.0. The molecule has 0 bridgehead atoms. The van der Waals surface area contributed by atoms with Crippen LogP contribution in [0, 0.1) is 0 Å². The van der Waals surface area contributed by atoms with Gasteiger partial charge in [0.1, 0.15) is 0 Å². The summed E-state index contributed by atoms with van der Waals surface area (Å²) in [5.74, 6) is -0.0895. The van der Waals surface area contributed by atoms with Crippen LogP contribution in [0.25, 0.3) is 0 Å². The first-order valence-corrected chi connectivity index (χ1v) is 31.3. The number of carbonyl (C=O) groups is 2. The van der Waals surface area contributed by atoms with E-state index in [0.717, 1.165) is 64.2 Å². The number of rotatable bonds is 58. The minimum Gasteiger partial charge on any atom is -0.466 e. The summed E-state index contributed by atoms with van der Waals surface area (Å²) >= 11 is 0. The van der Waals surface area contributed by atoms with Crippen molar-refractivity contribution in [2.45, 2.75) is 347 Å². The van der Waals surface area contributed by atoms with Gasteiger partial charge >= 0.3 is 5.97 Å². The molecule has 0 aromatic rings. The molecule has 2 atom stereocenters. The van der Waals surface area contributed by atoms with Gasteiger partial charge in [0.2, 0.25) is 5.91 Å². The summed E-state index contributed by atoms with van der Waals surface area (Å²) in [5.41, 5.74) is 0. The fourth-order valence-electron chi connectivity index (χ4n) is 9.61. The Hall–Kier alpha value is -1.92. The molecule has 0 heterocycles. The monoisotopic (exact) mass is 984 g/mol. The van der Waals surface area contributed by atoms with Crippen LogP contribution in [0.2, 0.25) is 0 Å². The predicted molar refractivity (Wildman–Crippen MR) is 306 cm³/mol. The van der Waals surface area contributed by atoms with Crippen molar-refractivity contribution in [3.8, 4) is 0 Å². The highest BCUT2D eigenvalue weighted by atomic mass is 16.5. The molecule has 0 radical (unpaired) electrons. The summed E-state index contributed by atoms with van der Waals surface area (Å²) in [6.07, 6.45) is 74.7. The van der Waals surface area contributed by atoms with Crippen LogP contribution >= 0.6 is 0 Å². The highest BCUT2D eigenvalue weighted by molar-refractivity contribution is 5.76. The van der Waals surface area contributed by atoms with Crippen molar-refractivity contribution in [2.75, 3.05) is 13.2 Å². The fourth-order valence-corrected chi connectivity index (χ4v) is 9.61. The van der Waals surface area contributed by atoms with Crippen LogP contribution in [0.5, 0.6) is 0 Å². The fraction of sp³-hybridized carbons (Fsp3) is 0.875. The molecule has 0 saturated heterocycles. The topological polar surface area (TPSA) is 95.9 Å². The molecular weight excluding hydrogens is 863 g/mol. The van der Waals surface area contributed by atoms with Gasteiger partial charge in [0, 0.05) is 12.8 Å². The Morgan fingerprint density at radius 1 is 0.400 bits per heavy atom. The Morgan fingerprint density at radius 3 is 1.14 bits per heavy atom. The predicted octanol–water partition coefficient (Wildman–Crippen LogP) is 19.6. The van der Waals surface area contributed by atoms with Gasteiger partial charge < -0.3 is 20.3 Å². The zero-order valence-electron chi connectivity index (χ0n) is 47.0. The number of hydrogen-bond acceptors (Lipinski definition) is 5. The Bertz CT molecular complexity index is 1130. The lowest BCUT2D eigenvalue weighted by Crippen LogP contribution is -2.45. The average Bonchev–Trinajstić information content (AvgIpc) is 3.36. The number of carbonyl (C=O) groups excluding carboxylic acids is 2. The molecule has 0 rings (SSSR count). The molecule has 6 heteroatoms. The van der Waals surface area contributed by atoms with Gasteiger partial charge in [0.05, 0.1) is 25.4 Å². The Kier molecular flexibility index (Phi) is 58.0. The number of aliphatic hydroxyl groups excluding tert-OH is 2. The summed E-state index contributed by atoms with van der Waals surface area (Å²) in [7, 11) is 0. The van der Waals surface area contributed by atoms with E-state index in [9.17, 15) is 19.8 Å². The lowest BCUT2D eigenvalue weighted by molar-refractivity contribution is -0.143. The van der Waals surface area contributed by atoms with Crippen molar-refractivity contribution in [3.05, 3.63) is 36.5 Å². The molecule has 412 valence electrons. The molecule has 0 spiro atoms. The maximum absolute atomic E-state index is 12.5. The SMILES string of the molecule is CCC/C=C\C/C=C\CCCCCCCC(=O)OCCCCCCCCCCCCCCCCCC(=O)NC(CO)C(O)/C=C/CCCCCCCCCCCCCCCCCCCCCCCCC. The Morgan fingerprint density at radius 2 is 0.743 bits per heavy atom. The van der Waals surface area contributed by atoms with Crippen LogP contribution in [0.1, 0.15) is 335 Å². The molecule has 3 N–H and O–H groups in total. The van der Waals surface area contributed by atoms with Gasteiger partial charge in [-0.05, 0) is 57.8 Å². The normalized spacial score (nSPS) is 12.8. The number of esters is 1. The molecule has 0 aliphatic heterocycles. The molecule has 70 heavy (non-hydrogen) atoms. The summed E-state index contributed by atoms with van der Waals surface area (Å²) < 4.78 is 5.46. The Labute approximate surface area is 436 Å². The van der Waals surface area contributed by atoms with Crippen LogP contribution in [-0.2, 0) is 14.3 Å². The van der Waals surface area contributed by atoms with Crippen molar-refractivity contribution in [1.82, 2.24) is 5.32 Å².